The summed E-state index contributed by atoms with van der Waals surface area (Å²) in [5.74, 6) is 0.00723. The number of carbonyl (C=O) groups excluding carboxylic acids is 2. The molecule has 3 N–H and O–H groups in total. The summed E-state index contributed by atoms with van der Waals surface area (Å²) in [6.07, 6.45) is 7.65. The summed E-state index contributed by atoms with van der Waals surface area (Å²) in [4.78, 5) is 27.0. The van der Waals surface area contributed by atoms with E-state index < -0.39 is 0 Å². The van der Waals surface area contributed by atoms with E-state index in [1.807, 2.05) is 42.5 Å². The molecule has 1 saturated heterocycles. The van der Waals surface area contributed by atoms with Crippen molar-refractivity contribution in [2.24, 2.45) is 0 Å². The number of urea groups is 1. The van der Waals surface area contributed by atoms with Gasteiger partial charge in [-0.2, -0.15) is 0 Å². The summed E-state index contributed by atoms with van der Waals surface area (Å²) in [5, 5.41) is 11.5. The van der Waals surface area contributed by atoms with E-state index in [2.05, 4.69) is 20.9 Å². The molecule has 30 heavy (non-hydrogen) atoms. The highest BCUT2D eigenvalue weighted by Crippen LogP contribution is 2.23. The maximum absolute atomic E-state index is 12.6. The van der Waals surface area contributed by atoms with Crippen LogP contribution in [-0.2, 0) is 4.79 Å². The van der Waals surface area contributed by atoms with Crippen LogP contribution in [0.3, 0.4) is 0 Å². The number of fused-ring (bicyclic) bond motifs is 1. The lowest BCUT2D eigenvalue weighted by Gasteiger charge is -2.32. The third-order valence-corrected chi connectivity index (χ3v) is 6.29. The lowest BCUT2D eigenvalue weighted by atomic mass is 9.96. The minimum Gasteiger partial charge on any atom is -0.335 e. The molecule has 4 rings (SSSR count). The first-order valence-corrected chi connectivity index (χ1v) is 11.2. The number of nitrogens with one attached hydrogen (secondary N) is 3. The molecule has 3 amide bonds. The van der Waals surface area contributed by atoms with Crippen LogP contribution in [0.25, 0.3) is 10.8 Å². The van der Waals surface area contributed by atoms with E-state index in [0.717, 1.165) is 55.2 Å². The van der Waals surface area contributed by atoms with Gasteiger partial charge in [0.05, 0.1) is 6.54 Å². The zero-order chi connectivity index (χ0) is 20.8. The molecule has 0 atom stereocenters. The highest BCUT2D eigenvalue weighted by Gasteiger charge is 2.23. The number of hydrogen-bond donors (Lipinski definition) is 3. The number of anilines is 1. The molecule has 0 bridgehead atoms. The Morgan fingerprint density at radius 1 is 0.833 bits per heavy atom. The first-order chi connectivity index (χ1) is 14.7. The third-order valence-electron chi connectivity index (χ3n) is 6.29. The maximum atomic E-state index is 12.6. The predicted molar refractivity (Wildman–Crippen MR) is 121 cm³/mol. The number of hydrogen-bond acceptors (Lipinski definition) is 3. The van der Waals surface area contributed by atoms with Gasteiger partial charge in [0.1, 0.15) is 0 Å². The molecule has 0 aromatic heterocycles. The summed E-state index contributed by atoms with van der Waals surface area (Å²) >= 11 is 0. The molecule has 1 heterocycles. The van der Waals surface area contributed by atoms with Gasteiger partial charge in [-0.15, -0.1) is 0 Å². The van der Waals surface area contributed by atoms with E-state index in [4.69, 9.17) is 0 Å². The van der Waals surface area contributed by atoms with Gasteiger partial charge in [0, 0.05) is 36.2 Å². The SMILES string of the molecule is O=C(CN1CCC(NC(=O)NC2CCCCC2)CC1)Nc1cccc2ccccc12. The van der Waals surface area contributed by atoms with Crippen LogP contribution in [-0.4, -0.2) is 48.6 Å². The Morgan fingerprint density at radius 3 is 2.27 bits per heavy atom. The standard InChI is InChI=1S/C24H32N4O2/c29-23(27-22-12-6-8-18-7-4-5-11-21(18)22)17-28-15-13-20(14-16-28)26-24(30)25-19-9-2-1-3-10-19/h4-8,11-12,19-20H,1-3,9-10,13-17H2,(H,27,29)(H2,25,26,30). The zero-order valence-electron chi connectivity index (χ0n) is 17.5. The van der Waals surface area contributed by atoms with Gasteiger partial charge < -0.3 is 16.0 Å². The average molecular weight is 409 g/mol. The Bertz CT molecular complexity index is 865. The fourth-order valence-electron chi connectivity index (χ4n) is 4.62. The second kappa shape index (κ2) is 9.94. The Labute approximate surface area is 178 Å². The Morgan fingerprint density at radius 2 is 1.50 bits per heavy atom. The summed E-state index contributed by atoms with van der Waals surface area (Å²) in [6, 6.07) is 14.5. The molecule has 2 aromatic carbocycles. The molecule has 2 aromatic rings. The van der Waals surface area contributed by atoms with Crippen LogP contribution in [0.4, 0.5) is 10.5 Å². The zero-order valence-corrected chi connectivity index (χ0v) is 17.5. The number of piperidine rings is 1. The van der Waals surface area contributed by atoms with Gasteiger partial charge >= 0.3 is 6.03 Å². The number of likely N-dealkylation sites (tertiary alicyclic amines) is 1. The van der Waals surface area contributed by atoms with Crippen molar-refractivity contribution in [3.05, 3.63) is 42.5 Å². The molecule has 0 unspecified atom stereocenters. The van der Waals surface area contributed by atoms with Crippen LogP contribution in [0.1, 0.15) is 44.9 Å². The van der Waals surface area contributed by atoms with Crippen LogP contribution < -0.4 is 16.0 Å². The van der Waals surface area contributed by atoms with E-state index >= 15 is 0 Å². The molecule has 160 valence electrons. The van der Waals surface area contributed by atoms with Crippen molar-refractivity contribution in [3.63, 3.8) is 0 Å². The van der Waals surface area contributed by atoms with Crippen molar-refractivity contribution in [2.45, 2.75) is 57.0 Å². The van der Waals surface area contributed by atoms with Gasteiger partial charge in [0.25, 0.3) is 0 Å². The van der Waals surface area contributed by atoms with Crippen LogP contribution in [0, 0.1) is 0 Å². The fourth-order valence-corrected chi connectivity index (χ4v) is 4.62. The summed E-state index contributed by atoms with van der Waals surface area (Å²) in [5.41, 5.74) is 0.856. The molecule has 2 fully saturated rings. The highest BCUT2D eigenvalue weighted by atomic mass is 16.2. The summed E-state index contributed by atoms with van der Waals surface area (Å²) in [6.45, 7) is 2.01. The molecular weight excluding hydrogens is 376 g/mol. The molecule has 2 aliphatic rings. The minimum absolute atomic E-state index is 0.00723. The Kier molecular flexibility index (Phi) is 6.84. The first kappa shape index (κ1) is 20.7. The summed E-state index contributed by atoms with van der Waals surface area (Å²) < 4.78 is 0. The maximum Gasteiger partial charge on any atom is 0.315 e. The lowest BCUT2D eigenvalue weighted by Crippen LogP contribution is -2.51. The Balaban J connectivity index is 1.20. The van der Waals surface area contributed by atoms with Crippen LogP contribution in [0.2, 0.25) is 0 Å². The van der Waals surface area contributed by atoms with Gasteiger partial charge in [-0.25, -0.2) is 4.79 Å². The van der Waals surface area contributed by atoms with Gasteiger partial charge in [-0.3, -0.25) is 9.69 Å². The molecule has 1 aliphatic heterocycles. The van der Waals surface area contributed by atoms with Crippen molar-refractivity contribution in [1.29, 1.82) is 0 Å². The summed E-state index contributed by atoms with van der Waals surface area (Å²) in [7, 11) is 0. The number of nitrogens with zero attached hydrogens (tertiary/aromatic N) is 1. The molecule has 6 heteroatoms. The van der Waals surface area contributed by atoms with Crippen molar-refractivity contribution >= 4 is 28.4 Å². The number of amides is 3. The highest BCUT2D eigenvalue weighted by molar-refractivity contribution is 6.02. The third kappa shape index (κ3) is 5.51. The number of rotatable bonds is 5. The van der Waals surface area contributed by atoms with Crippen molar-refractivity contribution in [3.8, 4) is 0 Å². The van der Waals surface area contributed by atoms with E-state index in [-0.39, 0.29) is 18.0 Å². The molecule has 1 aliphatic carbocycles. The van der Waals surface area contributed by atoms with Crippen molar-refractivity contribution in [2.75, 3.05) is 25.0 Å². The van der Waals surface area contributed by atoms with E-state index in [0.29, 0.717) is 12.6 Å². The largest absolute Gasteiger partial charge is 0.335 e. The van der Waals surface area contributed by atoms with Gasteiger partial charge in [0.15, 0.2) is 0 Å². The monoisotopic (exact) mass is 408 g/mol. The van der Waals surface area contributed by atoms with Gasteiger partial charge in [-0.05, 0) is 37.1 Å². The van der Waals surface area contributed by atoms with Crippen molar-refractivity contribution in [1.82, 2.24) is 15.5 Å². The number of benzene rings is 2. The fraction of sp³-hybridized carbons (Fsp3) is 0.500. The quantitative estimate of drug-likeness (QED) is 0.703. The van der Waals surface area contributed by atoms with Crippen LogP contribution in [0.15, 0.2) is 42.5 Å². The van der Waals surface area contributed by atoms with Crippen LogP contribution in [0.5, 0.6) is 0 Å². The average Bonchev–Trinajstić information content (AvgIpc) is 2.76. The Hall–Kier alpha value is -2.60. The molecule has 1 saturated carbocycles. The smallest absolute Gasteiger partial charge is 0.315 e. The van der Waals surface area contributed by atoms with Gasteiger partial charge in [0.2, 0.25) is 5.91 Å². The topological polar surface area (TPSA) is 73.5 Å². The number of carbonyl (C=O) groups is 2. The van der Waals surface area contributed by atoms with E-state index in [9.17, 15) is 9.59 Å². The molecule has 0 spiro atoms. The van der Waals surface area contributed by atoms with Crippen LogP contribution >= 0.6 is 0 Å². The van der Waals surface area contributed by atoms with Gasteiger partial charge in [-0.1, -0.05) is 55.7 Å². The minimum atomic E-state index is -0.0333. The molecule has 6 nitrogen and oxygen atoms in total. The normalized spacial score (nSPS) is 18.8. The van der Waals surface area contributed by atoms with E-state index in [1.165, 1.54) is 19.3 Å². The first-order valence-electron chi connectivity index (χ1n) is 11.2. The molecular formula is C24H32N4O2. The second-order valence-corrected chi connectivity index (χ2v) is 8.58. The second-order valence-electron chi connectivity index (χ2n) is 8.58. The van der Waals surface area contributed by atoms with E-state index in [1.54, 1.807) is 0 Å². The van der Waals surface area contributed by atoms with Crippen molar-refractivity contribution < 1.29 is 9.59 Å². The molecule has 0 radical (unpaired) electrons. The lowest BCUT2D eigenvalue weighted by molar-refractivity contribution is -0.117. The predicted octanol–water partition coefficient (Wildman–Crippen LogP) is 3.87.